The molecule has 96 valence electrons. The normalized spacial score (nSPS) is 14.2. The van der Waals surface area contributed by atoms with Crippen LogP contribution in [-0.4, -0.2) is 18.3 Å². The Morgan fingerprint density at radius 1 is 1.18 bits per heavy atom. The van der Waals surface area contributed by atoms with Crippen molar-refractivity contribution in [1.29, 1.82) is 0 Å². The van der Waals surface area contributed by atoms with Crippen LogP contribution in [0.5, 0.6) is 11.5 Å². The molecule has 3 N–H and O–H groups in total. The lowest BCUT2D eigenvalue weighted by molar-refractivity contribution is 0.0362. The van der Waals surface area contributed by atoms with E-state index in [0.717, 1.165) is 0 Å². The lowest BCUT2D eigenvalue weighted by Gasteiger charge is -2.25. The Kier molecular flexibility index (Phi) is 4.78. The first-order valence-corrected chi connectivity index (χ1v) is 5.96. The van der Waals surface area contributed by atoms with Gasteiger partial charge >= 0.3 is 0 Å². The molecule has 17 heavy (non-hydrogen) atoms. The van der Waals surface area contributed by atoms with E-state index < -0.39 is 5.72 Å². The number of hydrogen-bond acceptors (Lipinski definition) is 4. The SMILES string of the molecule is CCOc1ccc(OCC)c(C(N)(O)CC)c1. The first-order chi connectivity index (χ1) is 8.05. The molecular weight excluding hydrogens is 218 g/mol. The maximum Gasteiger partial charge on any atom is 0.143 e. The monoisotopic (exact) mass is 239 g/mol. The van der Waals surface area contributed by atoms with Crippen molar-refractivity contribution in [3.63, 3.8) is 0 Å². The maximum atomic E-state index is 10.1. The number of nitrogens with two attached hydrogens (primary N) is 1. The van der Waals surface area contributed by atoms with E-state index in [1.165, 1.54) is 0 Å². The van der Waals surface area contributed by atoms with Crippen molar-refractivity contribution in [3.8, 4) is 11.5 Å². The largest absolute Gasteiger partial charge is 0.494 e. The third-order valence-corrected chi connectivity index (χ3v) is 2.57. The van der Waals surface area contributed by atoms with Crippen molar-refractivity contribution < 1.29 is 14.6 Å². The van der Waals surface area contributed by atoms with Crippen LogP contribution in [0.25, 0.3) is 0 Å². The minimum absolute atomic E-state index is 0.405. The van der Waals surface area contributed by atoms with E-state index in [1.54, 1.807) is 12.1 Å². The summed E-state index contributed by atoms with van der Waals surface area (Å²) in [5.74, 6) is 1.28. The Bertz CT molecular complexity index is 364. The molecule has 1 aromatic rings. The fourth-order valence-corrected chi connectivity index (χ4v) is 1.58. The summed E-state index contributed by atoms with van der Waals surface area (Å²) < 4.78 is 10.9. The molecule has 4 heteroatoms. The zero-order chi connectivity index (χ0) is 12.9. The van der Waals surface area contributed by atoms with Crippen LogP contribution >= 0.6 is 0 Å². The molecule has 0 bridgehead atoms. The molecule has 0 spiro atoms. The Morgan fingerprint density at radius 3 is 2.35 bits per heavy atom. The van der Waals surface area contributed by atoms with Crippen molar-refractivity contribution in [2.24, 2.45) is 5.73 Å². The van der Waals surface area contributed by atoms with Crippen molar-refractivity contribution in [2.75, 3.05) is 13.2 Å². The summed E-state index contributed by atoms with van der Waals surface area (Å²) in [4.78, 5) is 0. The smallest absolute Gasteiger partial charge is 0.143 e. The molecule has 1 rings (SSSR count). The van der Waals surface area contributed by atoms with Gasteiger partial charge in [0.25, 0.3) is 0 Å². The van der Waals surface area contributed by atoms with E-state index in [0.29, 0.717) is 36.7 Å². The summed E-state index contributed by atoms with van der Waals surface area (Å²) in [7, 11) is 0. The van der Waals surface area contributed by atoms with E-state index >= 15 is 0 Å². The van der Waals surface area contributed by atoms with Gasteiger partial charge in [-0.2, -0.15) is 0 Å². The minimum Gasteiger partial charge on any atom is -0.494 e. The summed E-state index contributed by atoms with van der Waals surface area (Å²) in [6, 6.07) is 5.32. The van der Waals surface area contributed by atoms with Gasteiger partial charge in [-0.25, -0.2) is 0 Å². The third-order valence-electron chi connectivity index (χ3n) is 2.57. The van der Waals surface area contributed by atoms with Crippen LogP contribution < -0.4 is 15.2 Å². The topological polar surface area (TPSA) is 64.7 Å². The number of benzene rings is 1. The van der Waals surface area contributed by atoms with Crippen LogP contribution in [-0.2, 0) is 5.72 Å². The van der Waals surface area contributed by atoms with Gasteiger partial charge in [0.15, 0.2) is 0 Å². The van der Waals surface area contributed by atoms with E-state index in [9.17, 15) is 5.11 Å². The lowest BCUT2D eigenvalue weighted by atomic mass is 9.99. The molecule has 4 nitrogen and oxygen atoms in total. The van der Waals surface area contributed by atoms with Gasteiger partial charge < -0.3 is 14.6 Å². The Balaban J connectivity index is 3.15. The summed E-state index contributed by atoms with van der Waals surface area (Å²) in [6.07, 6.45) is 0.405. The second-order valence-corrected chi connectivity index (χ2v) is 3.80. The van der Waals surface area contributed by atoms with Crippen LogP contribution in [0.2, 0.25) is 0 Å². The highest BCUT2D eigenvalue weighted by atomic mass is 16.5. The van der Waals surface area contributed by atoms with Crippen LogP contribution in [0.1, 0.15) is 32.8 Å². The first kappa shape index (κ1) is 13.8. The predicted octanol–water partition coefficient (Wildman–Crippen LogP) is 2.00. The summed E-state index contributed by atoms with van der Waals surface area (Å²) >= 11 is 0. The highest BCUT2D eigenvalue weighted by molar-refractivity contribution is 5.43. The predicted molar refractivity (Wildman–Crippen MR) is 67.2 cm³/mol. The van der Waals surface area contributed by atoms with Gasteiger partial charge in [-0.1, -0.05) is 6.92 Å². The van der Waals surface area contributed by atoms with Crippen molar-refractivity contribution in [2.45, 2.75) is 32.9 Å². The molecule has 0 aliphatic heterocycles. The molecule has 0 heterocycles. The second-order valence-electron chi connectivity index (χ2n) is 3.80. The summed E-state index contributed by atoms with van der Waals surface area (Å²) in [5.41, 5.74) is 5.02. The fourth-order valence-electron chi connectivity index (χ4n) is 1.58. The fraction of sp³-hybridized carbons (Fsp3) is 0.538. The standard InChI is InChI=1S/C13H21NO3/c1-4-13(14,15)11-9-10(16-5-2)7-8-12(11)17-6-3/h7-9,15H,4-6,14H2,1-3H3. The molecule has 0 saturated heterocycles. The Labute approximate surface area is 102 Å². The molecular formula is C13H21NO3. The van der Waals surface area contributed by atoms with Crippen LogP contribution in [0.15, 0.2) is 18.2 Å². The third kappa shape index (κ3) is 3.35. The maximum absolute atomic E-state index is 10.1. The van der Waals surface area contributed by atoms with Crippen LogP contribution in [0, 0.1) is 0 Å². The van der Waals surface area contributed by atoms with Gasteiger partial charge in [0.05, 0.1) is 13.2 Å². The molecule has 0 aliphatic rings. The molecule has 0 radical (unpaired) electrons. The van der Waals surface area contributed by atoms with E-state index in [2.05, 4.69) is 0 Å². The Hall–Kier alpha value is -1.26. The van der Waals surface area contributed by atoms with Gasteiger partial charge in [-0.05, 0) is 38.5 Å². The summed E-state index contributed by atoms with van der Waals surface area (Å²) in [5, 5.41) is 10.1. The number of hydrogen-bond donors (Lipinski definition) is 2. The average molecular weight is 239 g/mol. The van der Waals surface area contributed by atoms with Gasteiger partial charge in [-0.3, -0.25) is 5.73 Å². The summed E-state index contributed by atoms with van der Waals surface area (Å²) in [6.45, 7) is 6.72. The second kappa shape index (κ2) is 5.89. The van der Waals surface area contributed by atoms with Gasteiger partial charge in [0.2, 0.25) is 0 Å². The average Bonchev–Trinajstić information content (AvgIpc) is 2.31. The van der Waals surface area contributed by atoms with Crippen LogP contribution in [0.4, 0.5) is 0 Å². The Morgan fingerprint density at radius 2 is 1.82 bits per heavy atom. The number of rotatable bonds is 6. The van der Waals surface area contributed by atoms with Crippen molar-refractivity contribution >= 4 is 0 Å². The molecule has 0 fully saturated rings. The molecule has 0 amide bonds. The van der Waals surface area contributed by atoms with Crippen molar-refractivity contribution in [1.82, 2.24) is 0 Å². The number of ether oxygens (including phenoxy) is 2. The highest BCUT2D eigenvalue weighted by Gasteiger charge is 2.26. The molecule has 0 aliphatic carbocycles. The molecule has 1 aromatic carbocycles. The molecule has 0 saturated carbocycles. The van der Waals surface area contributed by atoms with Gasteiger partial charge in [0.1, 0.15) is 17.2 Å². The van der Waals surface area contributed by atoms with Gasteiger partial charge in [0, 0.05) is 5.56 Å². The molecule has 0 aromatic heterocycles. The van der Waals surface area contributed by atoms with E-state index in [-0.39, 0.29) is 0 Å². The lowest BCUT2D eigenvalue weighted by Crippen LogP contribution is -2.35. The number of aliphatic hydroxyl groups is 1. The van der Waals surface area contributed by atoms with Crippen LogP contribution in [0.3, 0.4) is 0 Å². The quantitative estimate of drug-likeness (QED) is 0.745. The minimum atomic E-state index is -1.39. The molecule has 1 atom stereocenters. The van der Waals surface area contributed by atoms with Crippen molar-refractivity contribution in [3.05, 3.63) is 23.8 Å². The van der Waals surface area contributed by atoms with E-state index in [4.69, 9.17) is 15.2 Å². The highest BCUT2D eigenvalue weighted by Crippen LogP contribution is 2.32. The molecule has 1 unspecified atom stereocenters. The van der Waals surface area contributed by atoms with E-state index in [1.807, 2.05) is 26.8 Å². The first-order valence-electron chi connectivity index (χ1n) is 5.96. The zero-order valence-electron chi connectivity index (χ0n) is 10.7. The van der Waals surface area contributed by atoms with Gasteiger partial charge in [-0.15, -0.1) is 0 Å². The zero-order valence-corrected chi connectivity index (χ0v) is 10.7.